The van der Waals surface area contributed by atoms with Crippen molar-refractivity contribution >= 4 is 25.0 Å². The molecule has 1 aromatic rings. The van der Waals surface area contributed by atoms with Crippen LogP contribution in [0.25, 0.3) is 5.20 Å². The monoisotopic (exact) mass is 374 g/mol. The number of carbonyl (C=O) groups excluding carboxylic acids is 2. The second kappa shape index (κ2) is 8.21. The van der Waals surface area contributed by atoms with Gasteiger partial charge in [0.15, 0.2) is 5.78 Å². The fraction of sp³-hybridized carbons (Fsp3) is 0.524. The summed E-state index contributed by atoms with van der Waals surface area (Å²) in [4.78, 5) is 25.1. The van der Waals surface area contributed by atoms with Gasteiger partial charge in [-0.3, -0.25) is 9.59 Å². The molecule has 1 aliphatic rings. The average molecular weight is 375 g/mol. The van der Waals surface area contributed by atoms with E-state index in [1.165, 1.54) is 5.20 Å². The Bertz CT molecular complexity index is 685. The van der Waals surface area contributed by atoms with Crippen molar-refractivity contribution in [3.63, 3.8) is 0 Å². The smallest absolute Gasteiger partial charge is 0.319 e. The number of hydrogen-bond acceptors (Lipinski definition) is 4. The van der Waals surface area contributed by atoms with Crippen LogP contribution in [0.5, 0.6) is 5.75 Å². The van der Waals surface area contributed by atoms with Gasteiger partial charge in [-0.2, -0.15) is 0 Å². The third kappa shape index (κ3) is 4.26. The molecule has 0 spiro atoms. The number of hydrogen-bond donors (Lipinski definition) is 0. The van der Waals surface area contributed by atoms with Crippen LogP contribution in [0.2, 0.25) is 19.6 Å². The molecule has 1 unspecified atom stereocenters. The van der Waals surface area contributed by atoms with Gasteiger partial charge in [-0.1, -0.05) is 43.0 Å². The van der Waals surface area contributed by atoms with Crippen LogP contribution in [0.3, 0.4) is 0 Å². The SMILES string of the molecule is CCOC(=O)C1(C/C=C(\c2ccc(OC)cc2)[Si](C)(C)C)CCCC1=O. The van der Waals surface area contributed by atoms with Crippen molar-refractivity contribution in [1.82, 2.24) is 0 Å². The van der Waals surface area contributed by atoms with Gasteiger partial charge in [-0.25, -0.2) is 0 Å². The second-order valence-electron chi connectivity index (χ2n) is 7.88. The topological polar surface area (TPSA) is 52.6 Å². The van der Waals surface area contributed by atoms with Crippen LogP contribution in [-0.2, 0) is 14.3 Å². The molecule has 0 aliphatic heterocycles. The molecule has 0 N–H and O–H groups in total. The number of benzene rings is 1. The van der Waals surface area contributed by atoms with Crippen LogP contribution in [-0.4, -0.2) is 33.5 Å². The lowest BCUT2D eigenvalue weighted by atomic mass is 9.81. The Balaban J connectivity index is 2.39. The van der Waals surface area contributed by atoms with E-state index in [0.717, 1.165) is 17.7 Å². The quantitative estimate of drug-likeness (QED) is 0.396. The lowest BCUT2D eigenvalue weighted by Gasteiger charge is -2.27. The van der Waals surface area contributed by atoms with Crippen molar-refractivity contribution in [1.29, 1.82) is 0 Å². The number of ether oxygens (including phenoxy) is 2. The van der Waals surface area contributed by atoms with E-state index in [1.807, 2.05) is 12.1 Å². The highest BCUT2D eigenvalue weighted by atomic mass is 28.3. The second-order valence-corrected chi connectivity index (χ2v) is 12.9. The van der Waals surface area contributed by atoms with Crippen molar-refractivity contribution in [3.8, 4) is 5.75 Å². The van der Waals surface area contributed by atoms with Gasteiger partial charge in [0.05, 0.1) is 21.8 Å². The molecule has 26 heavy (non-hydrogen) atoms. The molecule has 1 aromatic carbocycles. The zero-order valence-electron chi connectivity index (χ0n) is 16.6. The molecule has 142 valence electrons. The molecular weight excluding hydrogens is 344 g/mol. The van der Waals surface area contributed by atoms with E-state index in [0.29, 0.717) is 25.9 Å². The van der Waals surface area contributed by atoms with Crippen LogP contribution in [0.15, 0.2) is 30.3 Å². The summed E-state index contributed by atoms with van der Waals surface area (Å²) in [5.41, 5.74) is 0.141. The number of methoxy groups -OCH3 is 1. The largest absolute Gasteiger partial charge is 0.497 e. The van der Waals surface area contributed by atoms with Gasteiger partial charge in [0, 0.05) is 6.42 Å². The first-order valence-electron chi connectivity index (χ1n) is 9.30. The minimum absolute atomic E-state index is 0.0249. The molecule has 0 amide bonds. The summed E-state index contributed by atoms with van der Waals surface area (Å²) in [5, 5.41) is 1.25. The van der Waals surface area contributed by atoms with Crippen LogP contribution in [0, 0.1) is 5.41 Å². The Morgan fingerprint density at radius 2 is 1.88 bits per heavy atom. The van der Waals surface area contributed by atoms with E-state index in [1.54, 1.807) is 14.0 Å². The van der Waals surface area contributed by atoms with E-state index in [-0.39, 0.29) is 11.8 Å². The lowest BCUT2D eigenvalue weighted by Crippen LogP contribution is -2.37. The van der Waals surface area contributed by atoms with Crippen LogP contribution in [0.1, 0.15) is 38.2 Å². The summed E-state index contributed by atoms with van der Waals surface area (Å²) in [5.74, 6) is 0.484. The van der Waals surface area contributed by atoms with Crippen LogP contribution in [0.4, 0.5) is 0 Å². The fourth-order valence-corrected chi connectivity index (χ4v) is 5.36. The van der Waals surface area contributed by atoms with Gasteiger partial charge < -0.3 is 9.47 Å². The highest BCUT2D eigenvalue weighted by Gasteiger charge is 2.49. The number of allylic oxidation sites excluding steroid dienone is 1. The van der Waals surface area contributed by atoms with Crippen molar-refractivity contribution in [2.45, 2.75) is 52.2 Å². The molecule has 0 aromatic heterocycles. The third-order valence-electron chi connectivity index (χ3n) is 5.07. The zero-order chi connectivity index (χ0) is 19.4. The summed E-state index contributed by atoms with van der Waals surface area (Å²) >= 11 is 0. The number of carbonyl (C=O) groups is 2. The Morgan fingerprint density at radius 1 is 1.23 bits per heavy atom. The van der Waals surface area contributed by atoms with E-state index < -0.39 is 13.5 Å². The lowest BCUT2D eigenvalue weighted by molar-refractivity contribution is -0.158. The molecule has 1 atom stereocenters. The molecule has 1 fully saturated rings. The third-order valence-corrected chi connectivity index (χ3v) is 7.18. The van der Waals surface area contributed by atoms with Gasteiger partial charge in [0.1, 0.15) is 11.2 Å². The van der Waals surface area contributed by atoms with Gasteiger partial charge in [0.2, 0.25) is 0 Å². The summed E-state index contributed by atoms with van der Waals surface area (Å²) in [6, 6.07) is 8.00. The van der Waals surface area contributed by atoms with Crippen molar-refractivity contribution in [2.75, 3.05) is 13.7 Å². The zero-order valence-corrected chi connectivity index (χ0v) is 17.6. The maximum Gasteiger partial charge on any atom is 0.319 e. The normalized spacial score (nSPS) is 21.0. The molecule has 0 radical (unpaired) electrons. The minimum atomic E-state index is -1.68. The number of esters is 1. The highest BCUT2D eigenvalue weighted by Crippen LogP contribution is 2.41. The van der Waals surface area contributed by atoms with Crippen molar-refractivity contribution in [2.24, 2.45) is 5.41 Å². The summed E-state index contributed by atoms with van der Waals surface area (Å²) in [7, 11) is -0.0265. The summed E-state index contributed by atoms with van der Waals surface area (Å²) in [6.45, 7) is 8.91. The first-order valence-corrected chi connectivity index (χ1v) is 12.8. The van der Waals surface area contributed by atoms with Crippen LogP contribution < -0.4 is 4.74 Å². The Morgan fingerprint density at radius 3 is 2.35 bits per heavy atom. The van der Waals surface area contributed by atoms with E-state index in [4.69, 9.17) is 9.47 Å². The highest BCUT2D eigenvalue weighted by molar-refractivity contribution is 6.93. The van der Waals surface area contributed by atoms with E-state index >= 15 is 0 Å². The molecule has 0 heterocycles. The maximum absolute atomic E-state index is 12.6. The fourth-order valence-electron chi connectivity index (χ4n) is 3.62. The maximum atomic E-state index is 12.6. The molecule has 5 heteroatoms. The van der Waals surface area contributed by atoms with E-state index in [9.17, 15) is 9.59 Å². The molecule has 0 bridgehead atoms. The number of ketones is 1. The van der Waals surface area contributed by atoms with Gasteiger partial charge in [-0.15, -0.1) is 0 Å². The molecule has 1 saturated carbocycles. The molecular formula is C21H30O4Si. The molecule has 4 nitrogen and oxygen atoms in total. The Kier molecular flexibility index (Phi) is 6.45. The predicted molar refractivity (Wildman–Crippen MR) is 107 cm³/mol. The van der Waals surface area contributed by atoms with Crippen molar-refractivity contribution < 1.29 is 19.1 Å². The van der Waals surface area contributed by atoms with E-state index in [2.05, 4.69) is 37.8 Å². The first-order chi connectivity index (χ1) is 12.2. The van der Waals surface area contributed by atoms with Gasteiger partial charge in [0.25, 0.3) is 0 Å². The van der Waals surface area contributed by atoms with Crippen molar-refractivity contribution in [3.05, 3.63) is 35.9 Å². The molecule has 1 aliphatic carbocycles. The van der Waals surface area contributed by atoms with Gasteiger partial charge in [-0.05, 0) is 43.9 Å². The van der Waals surface area contributed by atoms with Crippen LogP contribution >= 0.6 is 0 Å². The van der Waals surface area contributed by atoms with Gasteiger partial charge >= 0.3 is 5.97 Å². The molecule has 0 saturated heterocycles. The Hall–Kier alpha value is -1.88. The Labute approximate surface area is 157 Å². The predicted octanol–water partition coefficient (Wildman–Crippen LogP) is 4.65. The summed E-state index contributed by atoms with van der Waals surface area (Å²) < 4.78 is 10.5. The molecule has 2 rings (SSSR count). The minimum Gasteiger partial charge on any atom is -0.497 e. The standard InChI is InChI=1S/C21H30O4Si/c1-6-25-20(23)21(14-7-8-19(21)22)15-13-18(26(3,4)5)16-9-11-17(24-2)12-10-16/h9-13H,6-8,14-15H2,1-5H3/b18-13+. The number of rotatable bonds is 7. The summed E-state index contributed by atoms with van der Waals surface area (Å²) in [6.07, 6.45) is 4.36. The first kappa shape index (κ1) is 20.4. The average Bonchev–Trinajstić information content (AvgIpc) is 2.96. The number of Topliss-reactive ketones (excluding diaryl/α,β-unsaturated/α-hetero) is 1.